The zero-order valence-corrected chi connectivity index (χ0v) is 14.8. The van der Waals surface area contributed by atoms with E-state index in [2.05, 4.69) is 20.4 Å². The third-order valence-electron chi connectivity index (χ3n) is 4.21. The van der Waals surface area contributed by atoms with Crippen LogP contribution in [0, 0.1) is 13.8 Å². The quantitative estimate of drug-likeness (QED) is 0.619. The van der Waals surface area contributed by atoms with Gasteiger partial charge in [-0.2, -0.15) is 5.10 Å². The first-order chi connectivity index (χ1) is 12.5. The second-order valence-corrected chi connectivity index (χ2v) is 6.25. The van der Waals surface area contributed by atoms with Crippen molar-refractivity contribution in [1.82, 2.24) is 24.1 Å². The summed E-state index contributed by atoms with van der Waals surface area (Å²) < 4.78 is 3.63. The number of rotatable bonds is 3. The summed E-state index contributed by atoms with van der Waals surface area (Å²) in [6.07, 6.45) is 7.15. The van der Waals surface area contributed by atoms with E-state index in [0.29, 0.717) is 16.9 Å². The Balaban J connectivity index is 1.59. The summed E-state index contributed by atoms with van der Waals surface area (Å²) in [6, 6.07) is 7.45. The van der Waals surface area contributed by atoms with Crippen molar-refractivity contribution >= 4 is 17.2 Å². The molecule has 7 heteroatoms. The maximum atomic E-state index is 12.7. The third kappa shape index (κ3) is 2.83. The van der Waals surface area contributed by atoms with E-state index in [1.54, 1.807) is 23.1 Å². The highest BCUT2D eigenvalue weighted by Crippen LogP contribution is 2.19. The summed E-state index contributed by atoms with van der Waals surface area (Å²) in [7, 11) is 1.86. The number of anilines is 1. The largest absolute Gasteiger partial charge is 0.320 e. The Bertz CT molecular complexity index is 1110. The van der Waals surface area contributed by atoms with Crippen molar-refractivity contribution in [1.29, 1.82) is 0 Å². The van der Waals surface area contributed by atoms with Crippen molar-refractivity contribution in [3.8, 4) is 11.3 Å². The van der Waals surface area contributed by atoms with Gasteiger partial charge in [0.1, 0.15) is 5.65 Å². The van der Waals surface area contributed by atoms with Gasteiger partial charge < -0.3 is 9.72 Å². The fraction of sp³-hybridized carbons (Fsp3) is 0.158. The minimum Gasteiger partial charge on any atom is -0.320 e. The van der Waals surface area contributed by atoms with Gasteiger partial charge in [0.15, 0.2) is 0 Å². The summed E-state index contributed by atoms with van der Waals surface area (Å²) in [5.41, 5.74) is 5.47. The Hall–Kier alpha value is -3.48. The zero-order chi connectivity index (χ0) is 18.3. The lowest BCUT2D eigenvalue weighted by molar-refractivity contribution is 0.102. The van der Waals surface area contributed by atoms with E-state index in [1.165, 1.54) is 0 Å². The highest BCUT2D eigenvalue weighted by atomic mass is 16.1. The molecule has 0 aromatic carbocycles. The van der Waals surface area contributed by atoms with E-state index in [1.807, 2.05) is 55.9 Å². The molecule has 0 aliphatic rings. The number of nitrogens with zero attached hydrogens (tertiary/aromatic N) is 5. The molecule has 4 aromatic heterocycles. The van der Waals surface area contributed by atoms with Crippen LogP contribution in [0.25, 0.3) is 16.9 Å². The lowest BCUT2D eigenvalue weighted by Crippen LogP contribution is -2.12. The summed E-state index contributed by atoms with van der Waals surface area (Å²) in [5.74, 6) is -0.207. The van der Waals surface area contributed by atoms with E-state index in [4.69, 9.17) is 0 Å². The number of hydrogen-bond acceptors (Lipinski definition) is 4. The van der Waals surface area contributed by atoms with Crippen molar-refractivity contribution in [3.63, 3.8) is 0 Å². The number of aryl methyl sites for hydroxylation is 3. The normalized spacial score (nSPS) is 11.0. The minimum atomic E-state index is -0.207. The predicted octanol–water partition coefficient (Wildman–Crippen LogP) is 3.00. The topological polar surface area (TPSA) is 77.1 Å². The molecule has 4 rings (SSSR count). The number of hydrogen-bond donors (Lipinski definition) is 1. The molecule has 0 saturated heterocycles. The fourth-order valence-corrected chi connectivity index (χ4v) is 2.96. The lowest BCUT2D eigenvalue weighted by atomic mass is 10.2. The van der Waals surface area contributed by atoms with E-state index in [0.717, 1.165) is 22.6 Å². The van der Waals surface area contributed by atoms with Gasteiger partial charge in [-0.1, -0.05) is 0 Å². The first kappa shape index (κ1) is 16.0. The van der Waals surface area contributed by atoms with Crippen LogP contribution < -0.4 is 5.32 Å². The van der Waals surface area contributed by atoms with Gasteiger partial charge in [-0.05, 0) is 38.1 Å². The molecule has 0 atom stereocenters. The van der Waals surface area contributed by atoms with Gasteiger partial charge in [-0.25, -0.2) is 4.98 Å². The summed E-state index contributed by atoms with van der Waals surface area (Å²) in [6.45, 7) is 3.91. The Kier molecular flexibility index (Phi) is 3.76. The molecular weight excluding hydrogens is 328 g/mol. The number of nitrogens with one attached hydrogen (secondary N) is 1. The Labute approximate surface area is 150 Å². The number of fused-ring (bicyclic) bond motifs is 1. The molecule has 0 aliphatic carbocycles. The maximum Gasteiger partial charge on any atom is 0.259 e. The van der Waals surface area contributed by atoms with Crippen molar-refractivity contribution in [2.75, 3.05) is 5.32 Å². The fourth-order valence-electron chi connectivity index (χ4n) is 2.96. The average Bonchev–Trinajstić information content (AvgIpc) is 3.22. The molecule has 0 saturated carbocycles. The van der Waals surface area contributed by atoms with Gasteiger partial charge in [-0.15, -0.1) is 0 Å². The number of carbonyl (C=O) groups excluding carboxylic acids is 1. The monoisotopic (exact) mass is 346 g/mol. The molecule has 0 radical (unpaired) electrons. The van der Waals surface area contributed by atoms with Crippen molar-refractivity contribution in [2.24, 2.45) is 7.05 Å². The molecule has 26 heavy (non-hydrogen) atoms. The van der Waals surface area contributed by atoms with Crippen LogP contribution >= 0.6 is 0 Å². The van der Waals surface area contributed by atoms with Crippen LogP contribution in [0.2, 0.25) is 0 Å². The number of amides is 1. The van der Waals surface area contributed by atoms with E-state index < -0.39 is 0 Å². The van der Waals surface area contributed by atoms with Gasteiger partial charge in [0.05, 0.1) is 29.3 Å². The first-order valence-corrected chi connectivity index (χ1v) is 8.23. The summed E-state index contributed by atoms with van der Waals surface area (Å²) in [5, 5.41) is 7.02. The molecule has 0 fully saturated rings. The second-order valence-electron chi connectivity index (χ2n) is 6.25. The Morgan fingerprint density at radius 2 is 2.00 bits per heavy atom. The molecule has 130 valence electrons. The summed E-state index contributed by atoms with van der Waals surface area (Å²) >= 11 is 0. The van der Waals surface area contributed by atoms with Crippen LogP contribution in [-0.4, -0.2) is 30.1 Å². The van der Waals surface area contributed by atoms with E-state index in [-0.39, 0.29) is 5.91 Å². The van der Waals surface area contributed by atoms with Gasteiger partial charge in [0.25, 0.3) is 5.91 Å². The molecule has 1 N–H and O–H groups in total. The SMILES string of the molecule is Cc1cc(C)n2ccc(C(=O)Nc3ccc(-c4cnn(C)c4)nc3)c2n1. The lowest BCUT2D eigenvalue weighted by Gasteiger charge is -2.06. The smallest absolute Gasteiger partial charge is 0.259 e. The van der Waals surface area contributed by atoms with E-state index in [9.17, 15) is 4.79 Å². The zero-order valence-electron chi connectivity index (χ0n) is 14.8. The van der Waals surface area contributed by atoms with E-state index >= 15 is 0 Å². The Morgan fingerprint density at radius 3 is 2.69 bits per heavy atom. The van der Waals surface area contributed by atoms with Crippen LogP contribution in [0.15, 0.2) is 49.1 Å². The van der Waals surface area contributed by atoms with Crippen molar-refractivity contribution in [2.45, 2.75) is 13.8 Å². The molecular formula is C19H18N6O. The third-order valence-corrected chi connectivity index (χ3v) is 4.21. The molecule has 4 aromatic rings. The number of carbonyl (C=O) groups is 1. The van der Waals surface area contributed by atoms with Gasteiger partial charge in [0, 0.05) is 36.4 Å². The summed E-state index contributed by atoms with van der Waals surface area (Å²) in [4.78, 5) is 21.6. The molecule has 0 unspecified atom stereocenters. The van der Waals surface area contributed by atoms with Crippen molar-refractivity contribution in [3.05, 3.63) is 66.0 Å². The van der Waals surface area contributed by atoms with Crippen LogP contribution in [-0.2, 0) is 7.05 Å². The highest BCUT2D eigenvalue weighted by molar-refractivity contribution is 6.08. The average molecular weight is 346 g/mol. The standard InChI is InChI=1S/C19H18N6O/c1-12-8-13(2)25-7-6-16(18(25)22-12)19(26)23-15-4-5-17(20-10-15)14-9-21-24(3)11-14/h4-11H,1-3H3,(H,23,26). The van der Waals surface area contributed by atoms with Crippen molar-refractivity contribution < 1.29 is 4.79 Å². The van der Waals surface area contributed by atoms with Gasteiger partial charge >= 0.3 is 0 Å². The Morgan fingerprint density at radius 1 is 1.15 bits per heavy atom. The number of pyridine rings is 1. The van der Waals surface area contributed by atoms with Gasteiger partial charge in [-0.3, -0.25) is 14.5 Å². The molecule has 0 spiro atoms. The molecule has 7 nitrogen and oxygen atoms in total. The molecule has 0 aliphatic heterocycles. The molecule has 0 bridgehead atoms. The first-order valence-electron chi connectivity index (χ1n) is 8.23. The van der Waals surface area contributed by atoms with Crippen LogP contribution in [0.1, 0.15) is 21.7 Å². The molecule has 4 heterocycles. The highest BCUT2D eigenvalue weighted by Gasteiger charge is 2.14. The second kappa shape index (κ2) is 6.11. The van der Waals surface area contributed by atoms with Crippen LogP contribution in [0.4, 0.5) is 5.69 Å². The predicted molar refractivity (Wildman–Crippen MR) is 99.1 cm³/mol. The van der Waals surface area contributed by atoms with Gasteiger partial charge in [0.2, 0.25) is 0 Å². The maximum absolute atomic E-state index is 12.7. The minimum absolute atomic E-state index is 0.207. The number of aromatic nitrogens is 5. The molecule has 1 amide bonds. The van der Waals surface area contributed by atoms with Crippen LogP contribution in [0.5, 0.6) is 0 Å². The van der Waals surface area contributed by atoms with Crippen LogP contribution in [0.3, 0.4) is 0 Å².